The number of anilines is 1. The SMILES string of the molecule is O=C(O)c1ccc2c3n(nc2c1)[C@@H]1[C@H](CO3)N(CC2CC2)[C@@]2(C(=O)Nc3cc(Cl)ccc32)[C@H]1c1ccnc(Br)c1F. The van der Waals surface area contributed by atoms with E-state index in [1.54, 1.807) is 28.9 Å². The number of carboxylic acids is 1. The minimum Gasteiger partial charge on any atom is -0.478 e. The van der Waals surface area contributed by atoms with E-state index in [0.29, 0.717) is 45.5 Å². The average Bonchev–Trinajstić information content (AvgIpc) is 3.53. The van der Waals surface area contributed by atoms with Gasteiger partial charge in [-0.15, -0.1) is 0 Å². The van der Waals surface area contributed by atoms with Crippen molar-refractivity contribution in [3.8, 4) is 5.88 Å². The second kappa shape index (κ2) is 8.73. The lowest BCUT2D eigenvalue weighted by Crippen LogP contribution is -2.54. The van der Waals surface area contributed by atoms with Crippen molar-refractivity contribution >= 4 is 56.0 Å². The third-order valence-electron chi connectivity index (χ3n) is 8.96. The normalized spacial score (nSPS) is 26.5. The van der Waals surface area contributed by atoms with Gasteiger partial charge in [0.25, 0.3) is 0 Å². The van der Waals surface area contributed by atoms with Crippen LogP contribution in [-0.2, 0) is 10.3 Å². The van der Waals surface area contributed by atoms with Gasteiger partial charge in [-0.05, 0) is 71.1 Å². The van der Waals surface area contributed by atoms with Crippen LogP contribution in [0.3, 0.4) is 0 Å². The third kappa shape index (κ3) is 3.42. The molecule has 0 bridgehead atoms. The number of benzene rings is 2. The lowest BCUT2D eigenvalue weighted by Gasteiger charge is -2.39. The molecule has 4 aromatic rings. The van der Waals surface area contributed by atoms with Gasteiger partial charge in [0.05, 0.1) is 28.6 Å². The molecule has 5 heterocycles. The van der Waals surface area contributed by atoms with Crippen LogP contribution in [0.2, 0.25) is 5.02 Å². The Balaban J connectivity index is 1.43. The lowest BCUT2D eigenvalue weighted by molar-refractivity contribution is -0.128. The van der Waals surface area contributed by atoms with E-state index in [0.717, 1.165) is 18.4 Å². The molecule has 208 valence electrons. The molecule has 0 unspecified atom stereocenters. The number of aromatic nitrogens is 3. The van der Waals surface area contributed by atoms with Crippen molar-refractivity contribution in [3.63, 3.8) is 0 Å². The van der Waals surface area contributed by atoms with Gasteiger partial charge in [0.1, 0.15) is 16.7 Å². The number of carbonyl (C=O) groups excluding carboxylic acids is 1. The highest BCUT2D eigenvalue weighted by atomic mass is 79.9. The molecule has 1 saturated carbocycles. The molecule has 8 rings (SSSR count). The largest absolute Gasteiger partial charge is 0.478 e. The van der Waals surface area contributed by atoms with Gasteiger partial charge in [0.2, 0.25) is 11.8 Å². The van der Waals surface area contributed by atoms with Gasteiger partial charge in [-0.3, -0.25) is 9.69 Å². The van der Waals surface area contributed by atoms with Gasteiger partial charge in [-0.2, -0.15) is 5.10 Å². The number of hydrogen-bond donors (Lipinski definition) is 2. The molecule has 41 heavy (non-hydrogen) atoms. The molecule has 4 aliphatic rings. The standard InChI is InChI=1S/C29H22BrClFN5O4/c30-25-23(32)17(7-8-33-25)22-24-21(12-41-26-16-5-3-14(27(38)39)9-19(16)35-37(24)26)36(11-13-1-2-13)29(22)18-6-4-15(31)10-20(18)34-28(29)40/h3-10,13,21-22,24H,1-2,11-12H2,(H,34,40)(H,38,39)/t21-,22-,24+,29+/m0/s1. The molecule has 1 spiro atoms. The number of carboxylic acid groups (broad SMARTS) is 1. The summed E-state index contributed by atoms with van der Waals surface area (Å²) in [6.07, 6.45) is 3.63. The number of carbonyl (C=O) groups is 2. The minimum absolute atomic E-state index is 0.0566. The summed E-state index contributed by atoms with van der Waals surface area (Å²) >= 11 is 9.61. The predicted octanol–water partition coefficient (Wildman–Crippen LogP) is 5.34. The fourth-order valence-corrected chi connectivity index (χ4v) is 7.65. The molecule has 1 amide bonds. The molecule has 12 heteroatoms. The van der Waals surface area contributed by atoms with Crippen LogP contribution < -0.4 is 10.1 Å². The van der Waals surface area contributed by atoms with E-state index in [2.05, 4.69) is 31.1 Å². The molecule has 1 saturated heterocycles. The molecule has 9 nitrogen and oxygen atoms in total. The molecule has 0 radical (unpaired) electrons. The van der Waals surface area contributed by atoms with Crippen molar-refractivity contribution in [1.82, 2.24) is 19.7 Å². The number of ether oxygens (including phenoxy) is 1. The monoisotopic (exact) mass is 637 g/mol. The van der Waals surface area contributed by atoms with Crippen LogP contribution in [0.1, 0.15) is 46.3 Å². The molecule has 1 aliphatic carbocycles. The average molecular weight is 639 g/mol. The van der Waals surface area contributed by atoms with Crippen molar-refractivity contribution in [2.75, 3.05) is 18.5 Å². The van der Waals surface area contributed by atoms with Crippen molar-refractivity contribution in [1.29, 1.82) is 0 Å². The third-order valence-corrected chi connectivity index (χ3v) is 9.75. The van der Waals surface area contributed by atoms with Crippen molar-refractivity contribution < 1.29 is 23.8 Å². The Labute approximate surface area is 246 Å². The zero-order chi connectivity index (χ0) is 28.2. The number of amides is 1. The predicted molar refractivity (Wildman–Crippen MR) is 151 cm³/mol. The van der Waals surface area contributed by atoms with Gasteiger partial charge < -0.3 is 15.2 Å². The summed E-state index contributed by atoms with van der Waals surface area (Å²) in [4.78, 5) is 32.4. The maximum Gasteiger partial charge on any atom is 0.335 e. The first-order chi connectivity index (χ1) is 19.8. The molecule has 4 atom stereocenters. The maximum absolute atomic E-state index is 16.1. The van der Waals surface area contributed by atoms with Crippen molar-refractivity contribution in [3.05, 3.63) is 80.8 Å². The van der Waals surface area contributed by atoms with Crippen LogP contribution in [0.4, 0.5) is 10.1 Å². The van der Waals surface area contributed by atoms with E-state index in [4.69, 9.17) is 21.4 Å². The zero-order valence-electron chi connectivity index (χ0n) is 21.4. The summed E-state index contributed by atoms with van der Waals surface area (Å²) < 4.78 is 24.3. The number of hydrogen-bond acceptors (Lipinski definition) is 6. The van der Waals surface area contributed by atoms with E-state index in [-0.39, 0.29) is 28.7 Å². The first-order valence-corrected chi connectivity index (χ1v) is 14.5. The molecule has 2 aromatic heterocycles. The molecular formula is C29H22BrClFN5O4. The van der Waals surface area contributed by atoms with E-state index < -0.39 is 29.3 Å². The number of aromatic carboxylic acids is 1. The van der Waals surface area contributed by atoms with E-state index in [1.165, 1.54) is 18.3 Å². The van der Waals surface area contributed by atoms with E-state index in [1.807, 2.05) is 6.07 Å². The number of pyridine rings is 1. The topological polar surface area (TPSA) is 110 Å². The van der Waals surface area contributed by atoms with Gasteiger partial charge in [-0.25, -0.2) is 18.9 Å². The summed E-state index contributed by atoms with van der Waals surface area (Å²) in [6, 6.07) is 10.8. The van der Waals surface area contributed by atoms with Crippen LogP contribution in [0.25, 0.3) is 10.9 Å². The van der Waals surface area contributed by atoms with E-state index in [9.17, 15) is 14.7 Å². The maximum atomic E-state index is 16.1. The fraction of sp³-hybridized carbons (Fsp3) is 0.310. The summed E-state index contributed by atoms with van der Waals surface area (Å²) in [6.45, 7) is 0.880. The summed E-state index contributed by atoms with van der Waals surface area (Å²) in [5.41, 5.74) is 0.924. The second-order valence-corrected chi connectivity index (χ2v) is 12.3. The highest BCUT2D eigenvalue weighted by molar-refractivity contribution is 9.10. The van der Waals surface area contributed by atoms with Crippen LogP contribution in [-0.4, -0.2) is 55.8 Å². The molecule has 2 fully saturated rings. The smallest absolute Gasteiger partial charge is 0.335 e. The van der Waals surface area contributed by atoms with Crippen LogP contribution in [0.15, 0.2) is 53.3 Å². The highest BCUT2D eigenvalue weighted by Crippen LogP contribution is 2.63. The minimum atomic E-state index is -1.28. The van der Waals surface area contributed by atoms with Gasteiger partial charge in [-0.1, -0.05) is 17.7 Å². The quantitative estimate of drug-likeness (QED) is 0.290. The van der Waals surface area contributed by atoms with Crippen LogP contribution in [0, 0.1) is 11.7 Å². The Bertz CT molecular complexity index is 1810. The number of nitrogens with zero attached hydrogens (tertiary/aromatic N) is 4. The number of rotatable bonds is 4. The van der Waals surface area contributed by atoms with Crippen LogP contribution in [0.5, 0.6) is 5.88 Å². The lowest BCUT2D eigenvalue weighted by atomic mass is 9.73. The van der Waals surface area contributed by atoms with Crippen molar-refractivity contribution in [2.24, 2.45) is 5.92 Å². The molecule has 2 aromatic carbocycles. The number of likely N-dealkylation sites (tertiary alicyclic amines) is 1. The summed E-state index contributed by atoms with van der Waals surface area (Å²) in [5, 5.41) is 18.6. The Morgan fingerprint density at radius 2 is 2.07 bits per heavy atom. The first-order valence-electron chi connectivity index (χ1n) is 13.4. The molecule has 3 aliphatic heterocycles. The van der Waals surface area contributed by atoms with E-state index >= 15 is 4.39 Å². The number of halogens is 3. The Hall–Kier alpha value is -3.54. The fourth-order valence-electron chi connectivity index (χ4n) is 7.14. The summed E-state index contributed by atoms with van der Waals surface area (Å²) in [5.74, 6) is -1.73. The highest BCUT2D eigenvalue weighted by Gasteiger charge is 2.69. The molecule has 2 N–H and O–H groups in total. The second-order valence-electron chi connectivity index (χ2n) is 11.1. The van der Waals surface area contributed by atoms with Gasteiger partial charge in [0.15, 0.2) is 5.82 Å². The van der Waals surface area contributed by atoms with Gasteiger partial charge in [0, 0.05) is 40.5 Å². The van der Waals surface area contributed by atoms with Crippen molar-refractivity contribution in [2.45, 2.75) is 36.4 Å². The number of fused-ring (bicyclic) bond motifs is 7. The first kappa shape index (κ1) is 25.2. The van der Waals surface area contributed by atoms with Gasteiger partial charge >= 0.3 is 5.97 Å². The number of nitrogens with one attached hydrogen (secondary N) is 1. The summed E-state index contributed by atoms with van der Waals surface area (Å²) in [7, 11) is 0. The molecular weight excluding hydrogens is 617 g/mol. The zero-order valence-corrected chi connectivity index (χ0v) is 23.7. The Kier molecular flexibility index (Phi) is 5.37. The Morgan fingerprint density at radius 1 is 1.24 bits per heavy atom. The van der Waals surface area contributed by atoms with Crippen LogP contribution >= 0.6 is 27.5 Å². The Morgan fingerprint density at radius 3 is 2.85 bits per heavy atom.